The van der Waals surface area contributed by atoms with Crippen molar-refractivity contribution in [3.05, 3.63) is 42.2 Å². The molecule has 20 heavy (non-hydrogen) atoms. The first-order chi connectivity index (χ1) is 9.61. The topological polar surface area (TPSA) is 64.3 Å². The zero-order valence-corrected chi connectivity index (χ0v) is 12.1. The van der Waals surface area contributed by atoms with Crippen molar-refractivity contribution in [3.63, 3.8) is 0 Å². The largest absolute Gasteiger partial charge is 0.481 e. The third-order valence-corrected chi connectivity index (χ3v) is 3.15. The van der Waals surface area contributed by atoms with Crippen LogP contribution in [0.4, 0.5) is 11.5 Å². The second-order valence-electron chi connectivity index (χ2n) is 4.84. The molecule has 0 aliphatic rings. The van der Waals surface area contributed by atoms with E-state index in [4.69, 9.17) is 10.5 Å². The lowest BCUT2D eigenvalue weighted by Gasteiger charge is -2.28. The van der Waals surface area contributed by atoms with Crippen LogP contribution >= 0.6 is 0 Å². The van der Waals surface area contributed by atoms with E-state index in [-0.39, 0.29) is 6.04 Å². The minimum absolute atomic E-state index is 0.286. The Balaban J connectivity index is 2.29. The smallest absolute Gasteiger partial charge is 0.218 e. The van der Waals surface area contributed by atoms with Crippen LogP contribution < -0.4 is 15.4 Å². The number of nitrogen functional groups attached to an aromatic ring is 1. The van der Waals surface area contributed by atoms with E-state index in [2.05, 4.69) is 28.7 Å². The number of anilines is 2. The Hall–Kier alpha value is -2.30. The van der Waals surface area contributed by atoms with Gasteiger partial charge in [-0.1, -0.05) is 18.2 Å². The summed E-state index contributed by atoms with van der Waals surface area (Å²) in [6.07, 6.45) is 1.51. The van der Waals surface area contributed by atoms with Gasteiger partial charge in [0, 0.05) is 24.3 Å². The number of benzene rings is 1. The Bertz CT molecular complexity index is 571. The summed E-state index contributed by atoms with van der Waals surface area (Å²) in [4.78, 5) is 10.5. The van der Waals surface area contributed by atoms with Gasteiger partial charge in [0.2, 0.25) is 5.88 Å². The van der Waals surface area contributed by atoms with Crippen molar-refractivity contribution in [2.45, 2.75) is 26.4 Å². The number of nitrogens with two attached hydrogens (primary N) is 1. The van der Waals surface area contributed by atoms with Crippen LogP contribution in [0.2, 0.25) is 0 Å². The molecule has 2 aromatic rings. The van der Waals surface area contributed by atoms with E-state index in [1.807, 2.05) is 30.3 Å². The minimum Gasteiger partial charge on any atom is -0.481 e. The van der Waals surface area contributed by atoms with Crippen LogP contribution in [-0.2, 0) is 6.54 Å². The molecule has 0 saturated heterocycles. The van der Waals surface area contributed by atoms with Crippen LogP contribution in [0.25, 0.3) is 0 Å². The van der Waals surface area contributed by atoms with Crippen molar-refractivity contribution in [1.82, 2.24) is 9.97 Å². The Morgan fingerprint density at radius 2 is 2.00 bits per heavy atom. The van der Waals surface area contributed by atoms with Crippen LogP contribution in [0.1, 0.15) is 19.4 Å². The van der Waals surface area contributed by atoms with Crippen molar-refractivity contribution in [3.8, 4) is 5.88 Å². The summed E-state index contributed by atoms with van der Waals surface area (Å²) in [5, 5.41) is 0. The van der Waals surface area contributed by atoms with Gasteiger partial charge < -0.3 is 15.4 Å². The minimum atomic E-state index is 0.286. The second kappa shape index (κ2) is 6.23. The van der Waals surface area contributed by atoms with E-state index in [0.29, 0.717) is 12.4 Å². The maximum absolute atomic E-state index is 6.02. The molecule has 0 spiro atoms. The molecule has 0 saturated carbocycles. The van der Waals surface area contributed by atoms with E-state index in [1.165, 1.54) is 6.33 Å². The number of rotatable bonds is 5. The van der Waals surface area contributed by atoms with Crippen molar-refractivity contribution in [2.24, 2.45) is 0 Å². The van der Waals surface area contributed by atoms with E-state index < -0.39 is 0 Å². The van der Waals surface area contributed by atoms with Crippen LogP contribution in [0.3, 0.4) is 0 Å². The van der Waals surface area contributed by atoms with E-state index in [9.17, 15) is 0 Å². The van der Waals surface area contributed by atoms with Gasteiger partial charge in [0.05, 0.1) is 7.11 Å². The van der Waals surface area contributed by atoms with Crippen LogP contribution in [0, 0.1) is 0 Å². The summed E-state index contributed by atoms with van der Waals surface area (Å²) in [7, 11) is 1.60. The lowest BCUT2D eigenvalue weighted by Crippen LogP contribution is -2.31. The number of hydrogen-bond acceptors (Lipinski definition) is 5. The monoisotopic (exact) mass is 272 g/mol. The molecule has 2 rings (SSSR count). The first-order valence-electron chi connectivity index (χ1n) is 6.58. The Morgan fingerprint density at radius 1 is 1.25 bits per heavy atom. The second-order valence-corrected chi connectivity index (χ2v) is 4.84. The number of methoxy groups -OCH3 is 1. The van der Waals surface area contributed by atoms with E-state index in [1.54, 1.807) is 7.11 Å². The number of hydrogen-bond donors (Lipinski definition) is 1. The number of ether oxygens (including phenoxy) is 1. The van der Waals surface area contributed by atoms with Crippen molar-refractivity contribution < 1.29 is 4.74 Å². The summed E-state index contributed by atoms with van der Waals surface area (Å²) in [6, 6.07) is 9.99. The van der Waals surface area contributed by atoms with Crippen molar-refractivity contribution in [1.29, 1.82) is 0 Å². The Morgan fingerprint density at radius 3 is 2.65 bits per heavy atom. The van der Waals surface area contributed by atoms with Gasteiger partial charge in [-0.05, 0) is 25.5 Å². The molecule has 0 bridgehead atoms. The first-order valence-corrected chi connectivity index (χ1v) is 6.58. The van der Waals surface area contributed by atoms with Gasteiger partial charge in [0.25, 0.3) is 0 Å². The lowest BCUT2D eigenvalue weighted by molar-refractivity contribution is 0.396. The fourth-order valence-corrected chi connectivity index (χ4v) is 1.99. The molecule has 0 atom stereocenters. The van der Waals surface area contributed by atoms with Gasteiger partial charge in [0.1, 0.15) is 12.1 Å². The number of para-hydroxylation sites is 1. The van der Waals surface area contributed by atoms with Crippen LogP contribution in [0.15, 0.2) is 36.7 Å². The summed E-state index contributed by atoms with van der Waals surface area (Å²) in [5.74, 6) is 1.39. The van der Waals surface area contributed by atoms with Gasteiger partial charge in [-0.15, -0.1) is 0 Å². The molecule has 0 amide bonds. The Labute approximate surface area is 119 Å². The number of aromatic nitrogens is 2. The molecule has 106 valence electrons. The van der Waals surface area contributed by atoms with Gasteiger partial charge in [-0.3, -0.25) is 0 Å². The van der Waals surface area contributed by atoms with E-state index >= 15 is 0 Å². The molecule has 0 radical (unpaired) electrons. The quantitative estimate of drug-likeness (QED) is 0.847. The highest BCUT2D eigenvalue weighted by Gasteiger charge is 2.14. The highest BCUT2D eigenvalue weighted by Crippen LogP contribution is 2.22. The fourth-order valence-electron chi connectivity index (χ4n) is 1.99. The number of nitrogens with zero attached hydrogens (tertiary/aromatic N) is 3. The summed E-state index contributed by atoms with van der Waals surface area (Å²) in [5.41, 5.74) is 7.89. The van der Waals surface area contributed by atoms with Crippen molar-refractivity contribution in [2.75, 3.05) is 17.7 Å². The molecular weight excluding hydrogens is 252 g/mol. The predicted octanol–water partition coefficient (Wildman–Crippen LogP) is 2.48. The molecule has 1 aromatic heterocycles. The maximum atomic E-state index is 6.02. The fraction of sp³-hybridized carbons (Fsp3) is 0.333. The molecule has 5 nitrogen and oxygen atoms in total. The highest BCUT2D eigenvalue weighted by atomic mass is 16.5. The predicted molar refractivity (Wildman–Crippen MR) is 80.8 cm³/mol. The molecule has 0 fully saturated rings. The van der Waals surface area contributed by atoms with E-state index in [0.717, 1.165) is 17.1 Å². The third-order valence-electron chi connectivity index (χ3n) is 3.15. The van der Waals surface area contributed by atoms with Crippen LogP contribution in [0.5, 0.6) is 5.88 Å². The lowest BCUT2D eigenvalue weighted by atomic mass is 10.1. The molecular formula is C15H20N4O. The van der Waals surface area contributed by atoms with Gasteiger partial charge in [-0.25, -0.2) is 9.97 Å². The average Bonchev–Trinajstić information content (AvgIpc) is 2.46. The summed E-state index contributed by atoms with van der Waals surface area (Å²) < 4.78 is 5.16. The zero-order chi connectivity index (χ0) is 14.5. The summed E-state index contributed by atoms with van der Waals surface area (Å²) in [6.45, 7) is 4.94. The first kappa shape index (κ1) is 14.1. The third kappa shape index (κ3) is 3.17. The van der Waals surface area contributed by atoms with Gasteiger partial charge in [-0.2, -0.15) is 0 Å². The molecule has 0 unspecified atom stereocenters. The summed E-state index contributed by atoms with van der Waals surface area (Å²) >= 11 is 0. The Kier molecular flexibility index (Phi) is 4.40. The normalized spacial score (nSPS) is 10.6. The SMILES string of the molecule is COc1cc(N(Cc2ccccc2N)C(C)C)ncn1. The molecule has 1 aromatic carbocycles. The van der Waals surface area contributed by atoms with Gasteiger partial charge in [0.15, 0.2) is 0 Å². The molecule has 0 aliphatic heterocycles. The average molecular weight is 272 g/mol. The maximum Gasteiger partial charge on any atom is 0.218 e. The van der Waals surface area contributed by atoms with Gasteiger partial charge >= 0.3 is 0 Å². The molecule has 5 heteroatoms. The standard InChI is InChI=1S/C15H20N4O/c1-11(2)19(9-12-6-4-5-7-13(12)16)14-8-15(20-3)18-10-17-14/h4-8,10-11H,9,16H2,1-3H3. The van der Waals surface area contributed by atoms with Crippen molar-refractivity contribution >= 4 is 11.5 Å². The molecule has 2 N–H and O–H groups in total. The zero-order valence-electron chi connectivity index (χ0n) is 12.1. The molecule has 0 aliphatic carbocycles. The molecule has 1 heterocycles. The van der Waals surface area contributed by atoms with Crippen LogP contribution in [-0.4, -0.2) is 23.1 Å². The highest BCUT2D eigenvalue weighted by molar-refractivity contribution is 5.50.